The van der Waals surface area contributed by atoms with Crippen LogP contribution in [-0.4, -0.2) is 60.9 Å². The Morgan fingerprint density at radius 2 is 2.03 bits per heavy atom. The zero-order valence-corrected chi connectivity index (χ0v) is 20.2. The molecule has 2 aliphatic rings. The van der Waals surface area contributed by atoms with E-state index in [2.05, 4.69) is 0 Å². The number of sulfone groups is 1. The van der Waals surface area contributed by atoms with Crippen LogP contribution in [0, 0.1) is 0 Å². The first-order valence-corrected chi connectivity index (χ1v) is 13.5. The highest BCUT2D eigenvalue weighted by Crippen LogP contribution is 2.37. The monoisotopic (exact) mass is 494 g/mol. The number of allylic oxidation sites excluding steroid dienone is 1. The van der Waals surface area contributed by atoms with Gasteiger partial charge in [0, 0.05) is 18.0 Å². The van der Waals surface area contributed by atoms with Crippen molar-refractivity contribution in [2.24, 2.45) is 0 Å². The number of carbonyl (C=O) groups excluding carboxylic acids is 2. The number of hydrogen-bond donors (Lipinski definition) is 0. The fraction of sp³-hybridized carbons (Fsp3) is 0.346. The first kappa shape index (κ1) is 23.3. The lowest BCUT2D eigenvalue weighted by molar-refractivity contribution is -0.136. The van der Waals surface area contributed by atoms with Crippen LogP contribution in [0.2, 0.25) is 0 Å². The van der Waals surface area contributed by atoms with E-state index in [1.165, 1.54) is 4.90 Å². The summed E-state index contributed by atoms with van der Waals surface area (Å²) in [6.45, 7) is 1.70. The van der Waals surface area contributed by atoms with Gasteiger partial charge in [0.05, 0.1) is 34.5 Å². The van der Waals surface area contributed by atoms with E-state index < -0.39 is 28.3 Å². The largest absolute Gasteiger partial charge is 0.465 e. The summed E-state index contributed by atoms with van der Waals surface area (Å²) < 4.78 is 34.7. The molecule has 1 aliphatic heterocycles. The normalized spacial score (nSPS) is 19.7. The second-order valence-electron chi connectivity index (χ2n) is 8.83. The van der Waals surface area contributed by atoms with Crippen molar-refractivity contribution in [3.05, 3.63) is 65.2 Å². The number of amides is 1. The van der Waals surface area contributed by atoms with Gasteiger partial charge in [-0.15, -0.1) is 0 Å². The van der Waals surface area contributed by atoms with Gasteiger partial charge in [0.2, 0.25) is 0 Å². The summed E-state index contributed by atoms with van der Waals surface area (Å²) >= 11 is 0. The van der Waals surface area contributed by atoms with Crippen LogP contribution >= 0.6 is 0 Å². The topological polar surface area (TPSA) is 107 Å². The Labute approximate surface area is 203 Å². The second-order valence-corrected chi connectivity index (χ2v) is 11.1. The number of carbonyl (C=O) groups is 2. The average Bonchev–Trinajstić information content (AvgIpc) is 3.58. The number of nitrogens with zero attached hydrogens (tertiary/aromatic N) is 2. The van der Waals surface area contributed by atoms with Crippen molar-refractivity contribution in [2.75, 3.05) is 24.7 Å². The van der Waals surface area contributed by atoms with E-state index in [0.29, 0.717) is 48.0 Å². The molecule has 3 heterocycles. The summed E-state index contributed by atoms with van der Waals surface area (Å²) in [5.74, 6) is -0.233. The maximum absolute atomic E-state index is 13.3. The highest BCUT2D eigenvalue weighted by Gasteiger charge is 2.34. The number of aromatic nitrogens is 1. The van der Waals surface area contributed by atoms with E-state index in [-0.39, 0.29) is 17.5 Å². The lowest BCUT2D eigenvalue weighted by Crippen LogP contribution is -2.43. The lowest BCUT2D eigenvalue weighted by Gasteiger charge is -2.26. The lowest BCUT2D eigenvalue weighted by atomic mass is 10.0. The number of benzene rings is 1. The highest BCUT2D eigenvalue weighted by atomic mass is 32.2. The number of para-hydroxylation sites is 1. The van der Waals surface area contributed by atoms with Gasteiger partial charge >= 0.3 is 5.97 Å². The molecule has 1 aliphatic carbocycles. The number of fused-ring (bicyclic) bond motifs is 2. The van der Waals surface area contributed by atoms with Crippen molar-refractivity contribution in [1.29, 1.82) is 0 Å². The van der Waals surface area contributed by atoms with Gasteiger partial charge < -0.3 is 14.1 Å². The average molecular weight is 495 g/mol. The van der Waals surface area contributed by atoms with Crippen molar-refractivity contribution in [2.45, 2.75) is 32.2 Å². The van der Waals surface area contributed by atoms with Gasteiger partial charge in [0.15, 0.2) is 16.4 Å². The van der Waals surface area contributed by atoms with E-state index in [1.54, 1.807) is 13.2 Å². The van der Waals surface area contributed by atoms with Gasteiger partial charge in [-0.05, 0) is 61.6 Å². The molecular weight excluding hydrogens is 468 g/mol. The predicted molar refractivity (Wildman–Crippen MR) is 131 cm³/mol. The summed E-state index contributed by atoms with van der Waals surface area (Å²) in [5, 5.41) is 0.678. The number of hydrogen-bond acceptors (Lipinski definition) is 7. The summed E-state index contributed by atoms with van der Waals surface area (Å²) in [4.78, 5) is 32.5. The molecule has 182 valence electrons. The van der Waals surface area contributed by atoms with Crippen LogP contribution in [0.25, 0.3) is 22.6 Å². The summed E-state index contributed by atoms with van der Waals surface area (Å²) in [5.41, 5.74) is 3.61. The fourth-order valence-electron chi connectivity index (χ4n) is 5.00. The Morgan fingerprint density at radius 3 is 2.74 bits per heavy atom. The van der Waals surface area contributed by atoms with Crippen LogP contribution in [-0.2, 0) is 25.8 Å². The van der Waals surface area contributed by atoms with Crippen LogP contribution in [0.15, 0.2) is 47.1 Å². The number of furan rings is 1. The maximum Gasteiger partial charge on any atom is 0.339 e. The van der Waals surface area contributed by atoms with Gasteiger partial charge in [0.1, 0.15) is 5.76 Å². The molecule has 9 heteroatoms. The van der Waals surface area contributed by atoms with Gasteiger partial charge in [-0.25, -0.2) is 18.2 Å². The minimum Gasteiger partial charge on any atom is -0.465 e. The third-order valence-electron chi connectivity index (χ3n) is 6.64. The van der Waals surface area contributed by atoms with E-state index in [0.717, 1.165) is 16.8 Å². The SMILES string of the molecule is CCN(C(=O)COC(=O)c1c2c(nc3ccccc13)/C(=C/c1ccco1)CC2)C1CCS(=O)(=O)C1. The molecule has 35 heavy (non-hydrogen) atoms. The summed E-state index contributed by atoms with van der Waals surface area (Å²) in [6.07, 6.45) is 5.28. The van der Waals surface area contributed by atoms with Gasteiger partial charge in [-0.1, -0.05) is 18.2 Å². The third-order valence-corrected chi connectivity index (χ3v) is 8.39. The molecule has 0 saturated carbocycles. The Morgan fingerprint density at radius 1 is 1.20 bits per heavy atom. The molecule has 1 unspecified atom stereocenters. The molecule has 0 spiro atoms. The molecule has 1 aromatic carbocycles. The number of rotatable bonds is 6. The summed E-state index contributed by atoms with van der Waals surface area (Å²) in [7, 11) is -3.13. The molecule has 5 rings (SSSR count). The first-order valence-electron chi connectivity index (χ1n) is 11.7. The van der Waals surface area contributed by atoms with Crippen LogP contribution in [0.5, 0.6) is 0 Å². The van der Waals surface area contributed by atoms with Crippen molar-refractivity contribution >= 4 is 44.3 Å². The van der Waals surface area contributed by atoms with Crippen molar-refractivity contribution in [1.82, 2.24) is 9.88 Å². The molecule has 8 nitrogen and oxygen atoms in total. The minimum atomic E-state index is -3.13. The number of pyridine rings is 1. The van der Waals surface area contributed by atoms with E-state index in [4.69, 9.17) is 14.1 Å². The molecular formula is C26H26N2O6S. The fourth-order valence-corrected chi connectivity index (χ4v) is 6.73. The van der Waals surface area contributed by atoms with Crippen LogP contribution in [0.3, 0.4) is 0 Å². The van der Waals surface area contributed by atoms with Crippen LogP contribution in [0.1, 0.15) is 47.1 Å². The molecule has 1 fully saturated rings. The van der Waals surface area contributed by atoms with Crippen LogP contribution in [0.4, 0.5) is 0 Å². The molecule has 0 bridgehead atoms. The van der Waals surface area contributed by atoms with Gasteiger partial charge in [-0.3, -0.25) is 4.79 Å². The Balaban J connectivity index is 1.42. The van der Waals surface area contributed by atoms with Crippen LogP contribution < -0.4 is 0 Å². The Hall–Kier alpha value is -3.46. The predicted octanol–water partition coefficient (Wildman–Crippen LogP) is 3.51. The zero-order valence-electron chi connectivity index (χ0n) is 19.4. The van der Waals surface area contributed by atoms with E-state index in [9.17, 15) is 18.0 Å². The summed E-state index contributed by atoms with van der Waals surface area (Å²) in [6, 6.07) is 10.7. The minimum absolute atomic E-state index is 0.0478. The standard InChI is InChI=1S/C26H26N2O6S/c1-2-28(18-11-13-35(31,32)16-18)23(29)15-34-26(30)24-20-7-3-4-8-22(20)27-25-17(9-10-21(24)25)14-19-6-5-12-33-19/h3-8,12,14,18H,2,9-11,13,15-16H2,1H3/b17-14+. The maximum atomic E-state index is 13.3. The number of esters is 1. The molecule has 0 radical (unpaired) electrons. The molecule has 0 N–H and O–H groups in total. The molecule has 1 saturated heterocycles. The van der Waals surface area contributed by atoms with Crippen molar-refractivity contribution < 1.29 is 27.2 Å². The van der Waals surface area contributed by atoms with Gasteiger partial charge in [0.25, 0.3) is 5.91 Å². The Kier molecular flexibility index (Phi) is 6.19. The quantitative estimate of drug-likeness (QED) is 0.483. The smallest absolute Gasteiger partial charge is 0.339 e. The molecule has 3 aromatic rings. The van der Waals surface area contributed by atoms with E-state index >= 15 is 0 Å². The Bertz CT molecular complexity index is 1430. The van der Waals surface area contributed by atoms with Crippen molar-refractivity contribution in [3.8, 4) is 0 Å². The second kappa shape index (κ2) is 9.30. The van der Waals surface area contributed by atoms with Gasteiger partial charge in [-0.2, -0.15) is 0 Å². The highest BCUT2D eigenvalue weighted by molar-refractivity contribution is 7.91. The third kappa shape index (κ3) is 4.60. The first-order chi connectivity index (χ1) is 16.9. The number of ether oxygens (including phenoxy) is 1. The molecule has 2 aromatic heterocycles. The number of likely N-dealkylation sites (N-methyl/N-ethyl adjacent to an activating group) is 1. The molecule has 1 amide bonds. The molecule has 1 atom stereocenters. The zero-order chi connectivity index (χ0) is 24.6. The van der Waals surface area contributed by atoms with Crippen molar-refractivity contribution in [3.63, 3.8) is 0 Å². The van der Waals surface area contributed by atoms with E-state index in [1.807, 2.05) is 42.5 Å².